The fraction of sp³-hybridized carbons (Fsp3) is 0.429. The third kappa shape index (κ3) is 6.80. The molecule has 33 heavy (non-hydrogen) atoms. The van der Waals surface area contributed by atoms with Crippen molar-refractivity contribution in [3.63, 3.8) is 0 Å². The van der Waals surface area contributed by atoms with E-state index in [0.717, 1.165) is 43.2 Å². The summed E-state index contributed by atoms with van der Waals surface area (Å²) >= 11 is 0. The molecule has 1 aliphatic rings. The van der Waals surface area contributed by atoms with Crippen LogP contribution in [0.15, 0.2) is 67.3 Å². The van der Waals surface area contributed by atoms with Crippen molar-refractivity contribution in [2.45, 2.75) is 70.3 Å². The van der Waals surface area contributed by atoms with E-state index in [0.29, 0.717) is 12.3 Å². The van der Waals surface area contributed by atoms with Crippen molar-refractivity contribution in [2.24, 2.45) is 5.92 Å². The monoisotopic (exact) mass is 460 g/mol. The minimum atomic E-state index is -4.07. The molecule has 1 atom stereocenters. The van der Waals surface area contributed by atoms with Crippen molar-refractivity contribution >= 4 is 0 Å². The van der Waals surface area contributed by atoms with Gasteiger partial charge in [-0.05, 0) is 80.0 Å². The summed E-state index contributed by atoms with van der Waals surface area (Å²) in [7, 11) is 0. The summed E-state index contributed by atoms with van der Waals surface area (Å²) in [5.41, 5.74) is 1.61. The molecule has 0 amide bonds. The standard InChI is InChI=1S/C28H32F4O/c1-3-5-7-21-10-14-23(15-11-21)27(30)28(31,32)33-19-25-17-16-24(18-26(25)29)22-12-8-20(6-4-2)9-13-22/h3-4,6,10-11,14-18,20,22,27H,1,5,7-9,12-13,19H2,2H3/b6-4+. The van der Waals surface area contributed by atoms with E-state index in [-0.39, 0.29) is 17.0 Å². The second-order valence-corrected chi connectivity index (χ2v) is 8.77. The molecule has 1 unspecified atom stereocenters. The van der Waals surface area contributed by atoms with Crippen LogP contribution in [-0.4, -0.2) is 6.11 Å². The lowest BCUT2D eigenvalue weighted by Crippen LogP contribution is -2.27. The quantitative estimate of drug-likeness (QED) is 0.255. The van der Waals surface area contributed by atoms with Gasteiger partial charge in [-0.15, -0.1) is 6.58 Å². The molecule has 0 bridgehead atoms. The molecule has 1 saturated carbocycles. The van der Waals surface area contributed by atoms with Crippen LogP contribution in [0.4, 0.5) is 17.6 Å². The highest BCUT2D eigenvalue weighted by Crippen LogP contribution is 2.38. The van der Waals surface area contributed by atoms with Crippen LogP contribution in [0.2, 0.25) is 0 Å². The van der Waals surface area contributed by atoms with Crippen molar-refractivity contribution in [3.8, 4) is 0 Å². The van der Waals surface area contributed by atoms with E-state index >= 15 is 0 Å². The molecule has 0 N–H and O–H groups in total. The van der Waals surface area contributed by atoms with Crippen LogP contribution in [0.5, 0.6) is 0 Å². The summed E-state index contributed by atoms with van der Waals surface area (Å²) in [4.78, 5) is 0. The molecule has 5 heteroatoms. The summed E-state index contributed by atoms with van der Waals surface area (Å²) in [5, 5.41) is 0. The van der Waals surface area contributed by atoms with E-state index in [4.69, 9.17) is 0 Å². The summed E-state index contributed by atoms with van der Waals surface area (Å²) in [6.45, 7) is 4.95. The molecule has 2 aromatic rings. The van der Waals surface area contributed by atoms with Gasteiger partial charge in [0.15, 0.2) is 0 Å². The molecule has 0 heterocycles. The van der Waals surface area contributed by atoms with Crippen LogP contribution in [0, 0.1) is 11.7 Å². The second kappa shape index (κ2) is 11.6. The van der Waals surface area contributed by atoms with Crippen molar-refractivity contribution in [3.05, 3.63) is 95.3 Å². The molecule has 1 fully saturated rings. The largest absolute Gasteiger partial charge is 0.391 e. The zero-order chi connectivity index (χ0) is 23.8. The van der Waals surface area contributed by atoms with Crippen molar-refractivity contribution in [1.29, 1.82) is 0 Å². The summed E-state index contributed by atoms with van der Waals surface area (Å²) in [5.74, 6) is 0.242. The Hall–Kier alpha value is -2.40. The predicted octanol–water partition coefficient (Wildman–Crippen LogP) is 8.61. The third-order valence-corrected chi connectivity index (χ3v) is 6.41. The maximum atomic E-state index is 14.6. The summed E-state index contributed by atoms with van der Waals surface area (Å²) < 4.78 is 62.4. The highest BCUT2D eigenvalue weighted by atomic mass is 19.3. The number of rotatable bonds is 10. The van der Waals surface area contributed by atoms with Crippen molar-refractivity contribution < 1.29 is 22.3 Å². The van der Waals surface area contributed by atoms with Crippen LogP contribution >= 0.6 is 0 Å². The highest BCUT2D eigenvalue weighted by Gasteiger charge is 2.43. The average molecular weight is 461 g/mol. The third-order valence-electron chi connectivity index (χ3n) is 6.41. The van der Waals surface area contributed by atoms with Crippen LogP contribution in [0.25, 0.3) is 0 Å². The summed E-state index contributed by atoms with van der Waals surface area (Å²) in [6.07, 6.45) is 4.84. The lowest BCUT2D eigenvalue weighted by atomic mass is 9.78. The van der Waals surface area contributed by atoms with E-state index in [1.54, 1.807) is 24.3 Å². The van der Waals surface area contributed by atoms with Crippen LogP contribution in [0.3, 0.4) is 0 Å². The fourth-order valence-electron chi connectivity index (χ4n) is 4.41. The van der Waals surface area contributed by atoms with Crippen LogP contribution in [-0.2, 0) is 17.8 Å². The first-order valence-electron chi connectivity index (χ1n) is 11.6. The van der Waals surface area contributed by atoms with Gasteiger partial charge in [-0.1, -0.05) is 54.6 Å². The van der Waals surface area contributed by atoms with Crippen molar-refractivity contribution in [2.75, 3.05) is 0 Å². The zero-order valence-corrected chi connectivity index (χ0v) is 19.1. The van der Waals surface area contributed by atoms with Gasteiger partial charge >= 0.3 is 6.11 Å². The van der Waals surface area contributed by atoms with E-state index in [9.17, 15) is 17.6 Å². The lowest BCUT2D eigenvalue weighted by Gasteiger charge is -2.27. The van der Waals surface area contributed by atoms with Gasteiger partial charge in [-0.3, -0.25) is 0 Å². The Balaban J connectivity index is 1.58. The Morgan fingerprint density at radius 1 is 1.09 bits per heavy atom. The average Bonchev–Trinajstić information content (AvgIpc) is 2.82. The number of aryl methyl sites for hydroxylation is 1. The van der Waals surface area contributed by atoms with Gasteiger partial charge in [0.25, 0.3) is 0 Å². The first-order valence-corrected chi connectivity index (χ1v) is 11.6. The van der Waals surface area contributed by atoms with E-state index < -0.39 is 24.7 Å². The first kappa shape index (κ1) is 25.2. The number of allylic oxidation sites excluding steroid dienone is 3. The van der Waals surface area contributed by atoms with Gasteiger partial charge in [0.05, 0.1) is 6.61 Å². The Bertz CT molecular complexity index is 927. The molecule has 0 radical (unpaired) electrons. The van der Waals surface area contributed by atoms with E-state index in [1.807, 2.05) is 6.92 Å². The van der Waals surface area contributed by atoms with Crippen LogP contribution in [0.1, 0.15) is 73.4 Å². The molecule has 1 nitrogen and oxygen atoms in total. The fourth-order valence-corrected chi connectivity index (χ4v) is 4.41. The van der Waals surface area contributed by atoms with Gasteiger partial charge in [0, 0.05) is 5.56 Å². The molecule has 2 aromatic carbocycles. The number of alkyl halides is 3. The molecule has 178 valence electrons. The second-order valence-electron chi connectivity index (χ2n) is 8.77. The molecular weight excluding hydrogens is 428 g/mol. The van der Waals surface area contributed by atoms with E-state index in [2.05, 4.69) is 23.5 Å². The Morgan fingerprint density at radius 2 is 1.79 bits per heavy atom. The van der Waals surface area contributed by atoms with Gasteiger partial charge in [-0.25, -0.2) is 8.78 Å². The SMILES string of the molecule is C=CCCc1ccc(C(F)C(F)(F)OCc2ccc(C3CCC(/C=C/C)CC3)cc2F)cc1. The normalized spacial score (nSPS) is 20.2. The molecular formula is C28H32F4O. The number of benzene rings is 2. The molecule has 0 spiro atoms. The van der Waals surface area contributed by atoms with E-state index in [1.165, 1.54) is 24.3 Å². The Morgan fingerprint density at radius 3 is 2.39 bits per heavy atom. The maximum Gasteiger partial charge on any atom is 0.391 e. The van der Waals surface area contributed by atoms with Gasteiger partial charge in [0.1, 0.15) is 5.82 Å². The minimum absolute atomic E-state index is 0.00648. The Kier molecular flexibility index (Phi) is 8.90. The predicted molar refractivity (Wildman–Crippen MR) is 124 cm³/mol. The van der Waals surface area contributed by atoms with Gasteiger partial charge in [-0.2, -0.15) is 8.78 Å². The zero-order valence-electron chi connectivity index (χ0n) is 19.1. The van der Waals surface area contributed by atoms with Crippen molar-refractivity contribution in [1.82, 2.24) is 0 Å². The van der Waals surface area contributed by atoms with Crippen LogP contribution < -0.4 is 0 Å². The minimum Gasteiger partial charge on any atom is -0.313 e. The number of halogens is 4. The topological polar surface area (TPSA) is 9.23 Å². The first-order chi connectivity index (χ1) is 15.8. The molecule has 3 rings (SSSR count). The van der Waals surface area contributed by atoms with Gasteiger partial charge in [0.2, 0.25) is 6.17 Å². The smallest absolute Gasteiger partial charge is 0.313 e. The molecule has 1 aliphatic carbocycles. The lowest BCUT2D eigenvalue weighted by molar-refractivity contribution is -0.282. The maximum absolute atomic E-state index is 14.6. The number of hydrogen-bond donors (Lipinski definition) is 0. The van der Waals surface area contributed by atoms with Gasteiger partial charge < -0.3 is 4.74 Å². The molecule has 0 aliphatic heterocycles. The highest BCUT2D eigenvalue weighted by molar-refractivity contribution is 5.28. The Labute approximate surface area is 194 Å². The number of hydrogen-bond acceptors (Lipinski definition) is 1. The number of ether oxygens (including phenoxy) is 1. The summed E-state index contributed by atoms with van der Waals surface area (Å²) in [6, 6.07) is 10.6. The molecule has 0 saturated heterocycles. The molecule has 0 aromatic heterocycles.